The Labute approximate surface area is 71.4 Å². The highest BCUT2D eigenvalue weighted by molar-refractivity contribution is 7.89. The van der Waals surface area contributed by atoms with Crippen LogP contribution in [0.25, 0.3) is 0 Å². The van der Waals surface area contributed by atoms with Gasteiger partial charge in [0.2, 0.25) is 0 Å². The molecule has 2 atom stereocenters. The maximum Gasteiger partial charge on any atom is 0.283 e. The molecule has 0 fully saturated rings. The fourth-order valence-electron chi connectivity index (χ4n) is 1.31. The molecule has 0 spiro atoms. The molecule has 1 amide bonds. The van der Waals surface area contributed by atoms with E-state index in [0.717, 1.165) is 0 Å². The number of hydrogen-bond donors (Lipinski definition) is 1. The zero-order valence-corrected chi connectivity index (χ0v) is 7.17. The van der Waals surface area contributed by atoms with Gasteiger partial charge in [0.25, 0.3) is 5.91 Å². The van der Waals surface area contributed by atoms with E-state index in [1.807, 2.05) is 0 Å². The van der Waals surface area contributed by atoms with E-state index < -0.39 is 16.2 Å². The van der Waals surface area contributed by atoms with Gasteiger partial charge in [-0.15, -0.1) is 0 Å². The molecule has 2 aliphatic rings. The van der Waals surface area contributed by atoms with Crippen molar-refractivity contribution in [3.63, 3.8) is 0 Å². The van der Waals surface area contributed by atoms with Crippen LogP contribution in [0.4, 0.5) is 0 Å². The normalized spacial score (nSPS) is 33.4. The Hall–Kier alpha value is -1.17. The van der Waals surface area contributed by atoms with Gasteiger partial charge in [-0.05, 0) is 6.92 Å². The van der Waals surface area contributed by atoms with Crippen molar-refractivity contribution >= 4 is 22.5 Å². The molecule has 5 nitrogen and oxygen atoms in total. The molecule has 0 radical (unpaired) electrons. The lowest BCUT2D eigenvalue weighted by Gasteiger charge is -2.16. The minimum Gasteiger partial charge on any atom is -0.385 e. The maximum atomic E-state index is 11.2. The van der Waals surface area contributed by atoms with Crippen LogP contribution >= 0.6 is 0 Å². The molecule has 0 aromatic heterocycles. The molecule has 2 unspecified atom stereocenters. The average molecular weight is 185 g/mol. The number of rotatable bonds is 0. The van der Waals surface area contributed by atoms with Gasteiger partial charge in [0.1, 0.15) is 11.7 Å². The lowest BCUT2D eigenvalue weighted by Crippen LogP contribution is -2.36. The molecule has 64 valence electrons. The standard InChI is InChI=1S/C6H7N3O2S/c1-3-8-5(10)6-9(3)4(7)2-12(6)11/h2,6H,7H2,1H3. The summed E-state index contributed by atoms with van der Waals surface area (Å²) < 4.78 is 11.2. The Morgan fingerprint density at radius 3 is 3.00 bits per heavy atom. The van der Waals surface area contributed by atoms with Gasteiger partial charge in [-0.3, -0.25) is 13.9 Å². The van der Waals surface area contributed by atoms with Crippen LogP contribution in [0, 0.1) is 0 Å². The monoisotopic (exact) mass is 185 g/mol. The number of nitrogens with zero attached hydrogens (tertiary/aromatic N) is 2. The third kappa shape index (κ3) is 0.752. The van der Waals surface area contributed by atoms with Gasteiger partial charge in [0.05, 0.1) is 10.8 Å². The quantitative estimate of drug-likeness (QED) is 0.530. The highest BCUT2D eigenvalue weighted by atomic mass is 32.2. The van der Waals surface area contributed by atoms with Gasteiger partial charge in [-0.1, -0.05) is 0 Å². The van der Waals surface area contributed by atoms with Crippen molar-refractivity contribution in [2.24, 2.45) is 10.7 Å². The van der Waals surface area contributed by atoms with Crippen LogP contribution in [0.15, 0.2) is 16.2 Å². The molecule has 0 aromatic carbocycles. The van der Waals surface area contributed by atoms with Gasteiger partial charge in [-0.2, -0.15) is 4.99 Å². The first-order valence-corrected chi connectivity index (χ1v) is 4.64. The second-order valence-corrected chi connectivity index (χ2v) is 3.93. The Kier molecular flexibility index (Phi) is 1.35. The molecular formula is C6H7N3O2S. The predicted molar refractivity (Wildman–Crippen MR) is 44.2 cm³/mol. The highest BCUT2D eigenvalue weighted by Crippen LogP contribution is 2.25. The molecule has 0 saturated carbocycles. The van der Waals surface area contributed by atoms with Crippen molar-refractivity contribution in [1.29, 1.82) is 0 Å². The first kappa shape index (κ1) is 7.48. The molecule has 12 heavy (non-hydrogen) atoms. The van der Waals surface area contributed by atoms with Crippen LogP contribution in [0.5, 0.6) is 0 Å². The van der Waals surface area contributed by atoms with Crippen molar-refractivity contribution in [3.05, 3.63) is 11.2 Å². The molecule has 2 N–H and O–H groups in total. The summed E-state index contributed by atoms with van der Waals surface area (Å²) in [5.74, 6) is 0.498. The van der Waals surface area contributed by atoms with Crippen molar-refractivity contribution in [2.45, 2.75) is 12.3 Å². The smallest absolute Gasteiger partial charge is 0.283 e. The van der Waals surface area contributed by atoms with Crippen LogP contribution < -0.4 is 5.73 Å². The van der Waals surface area contributed by atoms with Crippen molar-refractivity contribution in [2.75, 3.05) is 0 Å². The van der Waals surface area contributed by atoms with Crippen LogP contribution in [0.1, 0.15) is 6.92 Å². The predicted octanol–water partition coefficient (Wildman–Crippen LogP) is -0.907. The third-order valence-corrected chi connectivity index (χ3v) is 3.13. The van der Waals surface area contributed by atoms with Crippen molar-refractivity contribution < 1.29 is 9.00 Å². The van der Waals surface area contributed by atoms with Crippen LogP contribution in [-0.2, 0) is 15.6 Å². The molecule has 6 heteroatoms. The summed E-state index contributed by atoms with van der Waals surface area (Å²) in [6, 6.07) is 0. The molecule has 0 aromatic rings. The summed E-state index contributed by atoms with van der Waals surface area (Å²) >= 11 is 0. The van der Waals surface area contributed by atoms with Crippen molar-refractivity contribution in [3.8, 4) is 0 Å². The van der Waals surface area contributed by atoms with Crippen LogP contribution in [-0.4, -0.2) is 26.2 Å². The minimum absolute atomic E-state index is 0.352. The second kappa shape index (κ2) is 2.16. The zero-order chi connectivity index (χ0) is 8.88. The Bertz CT molecular complexity index is 315. The summed E-state index contributed by atoms with van der Waals surface area (Å²) in [5, 5.41) is 0.686. The van der Waals surface area contributed by atoms with Gasteiger partial charge in [0, 0.05) is 5.41 Å². The van der Waals surface area contributed by atoms with Gasteiger partial charge in [0.15, 0.2) is 5.37 Å². The lowest BCUT2D eigenvalue weighted by molar-refractivity contribution is -0.117. The lowest BCUT2D eigenvalue weighted by atomic mass is 10.5. The van der Waals surface area contributed by atoms with E-state index in [4.69, 9.17) is 5.73 Å². The SMILES string of the molecule is CC1=NC(=O)C2N1C(N)=CS2=O. The van der Waals surface area contributed by atoms with Crippen LogP contribution in [0.3, 0.4) is 0 Å². The molecule has 0 bridgehead atoms. The summed E-state index contributed by atoms with van der Waals surface area (Å²) in [4.78, 5) is 16.3. The first-order chi connectivity index (χ1) is 5.61. The largest absolute Gasteiger partial charge is 0.385 e. The van der Waals surface area contributed by atoms with E-state index in [1.165, 1.54) is 10.3 Å². The average Bonchev–Trinajstić information content (AvgIpc) is 2.38. The van der Waals surface area contributed by atoms with Crippen molar-refractivity contribution in [1.82, 2.24) is 4.90 Å². The van der Waals surface area contributed by atoms with Crippen LogP contribution in [0.2, 0.25) is 0 Å². The number of amidine groups is 1. The van der Waals surface area contributed by atoms with E-state index in [2.05, 4.69) is 4.99 Å². The highest BCUT2D eigenvalue weighted by Gasteiger charge is 2.42. The van der Waals surface area contributed by atoms with E-state index in [9.17, 15) is 9.00 Å². The number of fused-ring (bicyclic) bond motifs is 1. The summed E-state index contributed by atoms with van der Waals surface area (Å²) in [7, 11) is -1.33. The Morgan fingerprint density at radius 1 is 1.75 bits per heavy atom. The molecule has 0 aliphatic carbocycles. The molecule has 2 aliphatic heterocycles. The number of amides is 1. The number of aliphatic imine (C=N–C) groups is 1. The number of hydrogen-bond acceptors (Lipinski definition) is 4. The Balaban J connectivity index is 2.47. The zero-order valence-electron chi connectivity index (χ0n) is 6.35. The molecule has 0 saturated heterocycles. The van der Waals surface area contributed by atoms with Gasteiger partial charge < -0.3 is 5.73 Å². The summed E-state index contributed by atoms with van der Waals surface area (Å²) in [6.45, 7) is 1.67. The van der Waals surface area contributed by atoms with Gasteiger partial charge >= 0.3 is 0 Å². The fourth-order valence-corrected chi connectivity index (χ4v) is 2.53. The number of carbonyl (C=O) groups is 1. The molecule has 2 heterocycles. The van der Waals surface area contributed by atoms with E-state index >= 15 is 0 Å². The summed E-state index contributed by atoms with van der Waals surface area (Å²) in [6.07, 6.45) is 0. The maximum absolute atomic E-state index is 11.2. The number of nitrogens with two attached hydrogens (primary N) is 1. The second-order valence-electron chi connectivity index (χ2n) is 2.59. The van der Waals surface area contributed by atoms with E-state index in [1.54, 1.807) is 6.92 Å². The molecular weight excluding hydrogens is 178 g/mol. The van der Waals surface area contributed by atoms with E-state index in [-0.39, 0.29) is 5.91 Å². The fraction of sp³-hybridized carbons (Fsp3) is 0.333. The van der Waals surface area contributed by atoms with E-state index in [0.29, 0.717) is 11.7 Å². The minimum atomic E-state index is -1.33. The summed E-state index contributed by atoms with van der Waals surface area (Å²) in [5.41, 5.74) is 5.52. The molecule has 2 rings (SSSR count). The Morgan fingerprint density at radius 2 is 2.42 bits per heavy atom. The topological polar surface area (TPSA) is 75.8 Å². The third-order valence-electron chi connectivity index (χ3n) is 1.80. The number of carbonyl (C=O) groups excluding carboxylic acids is 1. The first-order valence-electron chi connectivity index (χ1n) is 3.36. The van der Waals surface area contributed by atoms with Gasteiger partial charge in [-0.25, -0.2) is 0 Å².